The summed E-state index contributed by atoms with van der Waals surface area (Å²) >= 11 is 0. The van der Waals surface area contributed by atoms with E-state index in [0.29, 0.717) is 5.82 Å². The van der Waals surface area contributed by atoms with Crippen LogP contribution in [0.1, 0.15) is 32.0 Å². The van der Waals surface area contributed by atoms with Crippen LogP contribution in [0.2, 0.25) is 0 Å². The molecule has 2 N–H and O–H groups in total. The quantitative estimate of drug-likeness (QED) is 0.409. The lowest BCUT2D eigenvalue weighted by atomic mass is 10.2. The molecule has 3 rings (SSSR count). The van der Waals surface area contributed by atoms with Crippen molar-refractivity contribution in [2.24, 2.45) is 5.16 Å². The monoisotopic (exact) mass is 325 g/mol. The highest BCUT2D eigenvalue weighted by Gasteiger charge is 2.16. The van der Waals surface area contributed by atoms with Gasteiger partial charge in [0.05, 0.1) is 11.0 Å². The maximum atomic E-state index is 6.17. The highest BCUT2D eigenvalue weighted by atomic mass is 16.6. The van der Waals surface area contributed by atoms with Crippen molar-refractivity contribution in [1.29, 1.82) is 0 Å². The Balaban J connectivity index is 2.09. The third kappa shape index (κ3) is 3.04. The third-order valence-corrected chi connectivity index (χ3v) is 4.06. The number of imidazole rings is 1. The number of unbranched alkanes of at least 4 members (excludes halogenated alkanes) is 1. The molecule has 0 radical (unpaired) electrons. The van der Waals surface area contributed by atoms with Crippen molar-refractivity contribution in [3.63, 3.8) is 0 Å². The molecule has 0 spiro atoms. The average Bonchev–Trinajstić information content (AvgIpc) is 2.95. The molecule has 6 nitrogen and oxygen atoms in total. The first kappa shape index (κ1) is 16.2. The molecule has 0 fully saturated rings. The van der Waals surface area contributed by atoms with E-state index >= 15 is 0 Å². The molecule has 6 heteroatoms. The standard InChI is InChI=1S/C18H23N5O/c1-3-8-15-22-16-17(23(15)12-7-6-11-20-24-2)13-9-4-5-10-14(13)21-18(16)19/h4-5,9-11H,3,6-8,12H2,1-2H3,(H2,19,21)/b20-11+. The van der Waals surface area contributed by atoms with Crippen LogP contribution in [0.25, 0.3) is 21.9 Å². The van der Waals surface area contributed by atoms with Gasteiger partial charge < -0.3 is 15.1 Å². The van der Waals surface area contributed by atoms with Crippen molar-refractivity contribution in [2.75, 3.05) is 12.8 Å². The topological polar surface area (TPSA) is 78.3 Å². The summed E-state index contributed by atoms with van der Waals surface area (Å²) in [6.07, 6.45) is 5.59. The van der Waals surface area contributed by atoms with Gasteiger partial charge in [0, 0.05) is 24.6 Å². The highest BCUT2D eigenvalue weighted by molar-refractivity contribution is 6.06. The number of nitrogens with two attached hydrogens (primary N) is 1. The molecular formula is C18H23N5O. The number of fused-ring (bicyclic) bond motifs is 3. The van der Waals surface area contributed by atoms with E-state index < -0.39 is 0 Å². The lowest BCUT2D eigenvalue weighted by Crippen LogP contribution is -2.05. The van der Waals surface area contributed by atoms with Crippen LogP contribution in [0.5, 0.6) is 0 Å². The normalized spacial score (nSPS) is 11.8. The predicted octanol–water partition coefficient (Wildman–Crippen LogP) is 3.53. The maximum absolute atomic E-state index is 6.17. The van der Waals surface area contributed by atoms with Gasteiger partial charge in [0.2, 0.25) is 0 Å². The van der Waals surface area contributed by atoms with Crippen molar-refractivity contribution in [3.05, 3.63) is 30.1 Å². The van der Waals surface area contributed by atoms with Crippen LogP contribution in [-0.4, -0.2) is 27.9 Å². The van der Waals surface area contributed by atoms with Crippen molar-refractivity contribution >= 4 is 34.0 Å². The fourth-order valence-corrected chi connectivity index (χ4v) is 3.03. The fraction of sp³-hybridized carbons (Fsp3) is 0.389. The van der Waals surface area contributed by atoms with Crippen molar-refractivity contribution in [1.82, 2.24) is 14.5 Å². The molecule has 0 unspecified atom stereocenters. The van der Waals surface area contributed by atoms with Crippen LogP contribution in [0, 0.1) is 0 Å². The second kappa shape index (κ2) is 7.29. The van der Waals surface area contributed by atoms with Crippen molar-refractivity contribution in [3.8, 4) is 0 Å². The van der Waals surface area contributed by atoms with Gasteiger partial charge in [0.1, 0.15) is 18.5 Å². The minimum atomic E-state index is 0.501. The summed E-state index contributed by atoms with van der Waals surface area (Å²) in [5, 5.41) is 4.90. The Morgan fingerprint density at radius 3 is 2.92 bits per heavy atom. The summed E-state index contributed by atoms with van der Waals surface area (Å²) in [5.41, 5.74) is 8.98. The van der Waals surface area contributed by atoms with Crippen LogP contribution < -0.4 is 5.73 Å². The Morgan fingerprint density at radius 2 is 2.12 bits per heavy atom. The number of benzene rings is 1. The Hall–Kier alpha value is -2.63. The van der Waals surface area contributed by atoms with Gasteiger partial charge in [-0.2, -0.15) is 0 Å². The van der Waals surface area contributed by atoms with Gasteiger partial charge >= 0.3 is 0 Å². The number of nitrogens with zero attached hydrogens (tertiary/aromatic N) is 4. The zero-order valence-electron chi connectivity index (χ0n) is 14.2. The fourth-order valence-electron chi connectivity index (χ4n) is 3.03. The SMILES string of the molecule is CCCc1nc2c(N)nc3ccccc3c2n1CCC/C=N/OC. The zero-order chi connectivity index (χ0) is 16.9. The number of oxime groups is 1. The summed E-state index contributed by atoms with van der Waals surface area (Å²) in [5.74, 6) is 1.57. The summed E-state index contributed by atoms with van der Waals surface area (Å²) in [7, 11) is 1.56. The molecule has 2 aromatic heterocycles. The number of nitrogen functional groups attached to an aromatic ring is 1. The molecule has 1 aromatic carbocycles. The smallest absolute Gasteiger partial charge is 0.152 e. The number of aromatic nitrogens is 3. The van der Waals surface area contributed by atoms with E-state index in [0.717, 1.165) is 60.0 Å². The van der Waals surface area contributed by atoms with E-state index in [1.54, 1.807) is 13.3 Å². The number of rotatable bonds is 7. The van der Waals surface area contributed by atoms with Crippen LogP contribution in [0.4, 0.5) is 5.82 Å². The minimum Gasteiger partial charge on any atom is -0.399 e. The Kier molecular flexibility index (Phi) is 4.93. The Morgan fingerprint density at radius 1 is 1.29 bits per heavy atom. The van der Waals surface area contributed by atoms with Crippen LogP contribution in [0.3, 0.4) is 0 Å². The van der Waals surface area contributed by atoms with Gasteiger partial charge in [0.15, 0.2) is 5.82 Å². The van der Waals surface area contributed by atoms with Crippen LogP contribution in [-0.2, 0) is 17.8 Å². The van der Waals surface area contributed by atoms with Crippen molar-refractivity contribution < 1.29 is 4.84 Å². The number of anilines is 1. The average molecular weight is 325 g/mol. The lowest BCUT2D eigenvalue weighted by Gasteiger charge is -2.10. The molecule has 126 valence electrons. The third-order valence-electron chi connectivity index (χ3n) is 4.06. The molecule has 0 aliphatic carbocycles. The van der Waals surface area contributed by atoms with E-state index in [-0.39, 0.29) is 0 Å². The minimum absolute atomic E-state index is 0.501. The van der Waals surface area contributed by atoms with Crippen molar-refractivity contribution in [2.45, 2.75) is 39.2 Å². The van der Waals surface area contributed by atoms with Gasteiger partial charge in [-0.1, -0.05) is 30.3 Å². The molecule has 0 saturated heterocycles. The second-order valence-electron chi connectivity index (χ2n) is 5.75. The lowest BCUT2D eigenvalue weighted by molar-refractivity contribution is 0.214. The molecule has 24 heavy (non-hydrogen) atoms. The summed E-state index contributed by atoms with van der Waals surface area (Å²) < 4.78 is 2.29. The number of pyridine rings is 1. The first-order valence-electron chi connectivity index (χ1n) is 8.34. The summed E-state index contributed by atoms with van der Waals surface area (Å²) in [4.78, 5) is 14.0. The molecule has 0 amide bonds. The van der Waals surface area contributed by atoms with Gasteiger partial charge in [-0.05, 0) is 25.3 Å². The number of para-hydroxylation sites is 1. The van der Waals surface area contributed by atoms with Gasteiger partial charge in [-0.25, -0.2) is 9.97 Å². The summed E-state index contributed by atoms with van der Waals surface area (Å²) in [6, 6.07) is 8.09. The molecule has 2 heterocycles. The zero-order valence-corrected chi connectivity index (χ0v) is 14.2. The molecule has 0 atom stereocenters. The van der Waals surface area contributed by atoms with E-state index in [4.69, 9.17) is 15.6 Å². The number of hydrogen-bond acceptors (Lipinski definition) is 5. The van der Waals surface area contributed by atoms with Crippen LogP contribution >= 0.6 is 0 Å². The van der Waals surface area contributed by atoms with Gasteiger partial charge in [0.25, 0.3) is 0 Å². The van der Waals surface area contributed by atoms with E-state index in [9.17, 15) is 0 Å². The Bertz CT molecular complexity index is 869. The molecule has 0 aliphatic heterocycles. The molecule has 0 saturated carbocycles. The van der Waals surface area contributed by atoms with Gasteiger partial charge in [-0.3, -0.25) is 0 Å². The predicted molar refractivity (Wildman–Crippen MR) is 98.2 cm³/mol. The van der Waals surface area contributed by atoms with Gasteiger partial charge in [-0.15, -0.1) is 0 Å². The highest BCUT2D eigenvalue weighted by Crippen LogP contribution is 2.29. The number of hydrogen-bond donors (Lipinski definition) is 1. The Labute approximate surface area is 141 Å². The van der Waals surface area contributed by atoms with E-state index in [2.05, 4.69) is 27.7 Å². The molecule has 0 aliphatic rings. The number of aryl methyl sites for hydroxylation is 2. The first-order chi connectivity index (χ1) is 11.8. The summed E-state index contributed by atoms with van der Waals surface area (Å²) in [6.45, 7) is 3.03. The largest absolute Gasteiger partial charge is 0.399 e. The molecule has 0 bridgehead atoms. The van der Waals surface area contributed by atoms with Crippen LogP contribution in [0.15, 0.2) is 29.4 Å². The van der Waals surface area contributed by atoms with E-state index in [1.165, 1.54) is 0 Å². The second-order valence-corrected chi connectivity index (χ2v) is 5.75. The maximum Gasteiger partial charge on any atom is 0.152 e. The van der Waals surface area contributed by atoms with E-state index in [1.807, 2.05) is 18.2 Å². The molecular weight excluding hydrogens is 302 g/mol. The first-order valence-corrected chi connectivity index (χ1v) is 8.34. The molecule has 3 aromatic rings.